The average Bonchev–Trinajstić information content (AvgIpc) is 2.51. The molecule has 0 atom stereocenters. The van der Waals surface area contributed by atoms with Gasteiger partial charge in [0, 0.05) is 21.7 Å². The number of hydrogen-bond donors (Lipinski definition) is 2. The van der Waals surface area contributed by atoms with Gasteiger partial charge < -0.3 is 11.1 Å². The third-order valence-corrected chi connectivity index (χ3v) is 3.60. The van der Waals surface area contributed by atoms with Crippen LogP contribution in [0.2, 0.25) is 0 Å². The van der Waals surface area contributed by atoms with E-state index in [1.54, 1.807) is 12.3 Å². The largest absolute Gasteiger partial charge is 0.398 e. The van der Waals surface area contributed by atoms with E-state index in [1.807, 2.05) is 36.4 Å². The molecule has 0 aliphatic rings. The molecule has 0 spiro atoms. The van der Waals surface area contributed by atoms with E-state index in [-0.39, 0.29) is 0 Å². The Balaban J connectivity index is 2.14. The number of aromatic nitrogens is 1. The van der Waals surface area contributed by atoms with Gasteiger partial charge in [-0.25, -0.2) is 0 Å². The molecule has 3 aromatic rings. The SMILES string of the molecule is N#Cc1ccccc1Nc1ccc(N)c2cc(Br)cnc12. The molecule has 3 N–H and O–H groups in total. The third-order valence-electron chi connectivity index (χ3n) is 3.17. The van der Waals surface area contributed by atoms with E-state index in [1.165, 1.54) is 0 Å². The molecule has 0 fully saturated rings. The molecule has 0 unspecified atom stereocenters. The van der Waals surface area contributed by atoms with Crippen LogP contribution in [-0.2, 0) is 0 Å². The maximum absolute atomic E-state index is 9.16. The molecule has 21 heavy (non-hydrogen) atoms. The lowest BCUT2D eigenvalue weighted by Gasteiger charge is -2.12. The lowest BCUT2D eigenvalue weighted by Crippen LogP contribution is -1.97. The maximum Gasteiger partial charge on any atom is 0.101 e. The van der Waals surface area contributed by atoms with Crippen molar-refractivity contribution in [2.45, 2.75) is 0 Å². The number of halogens is 1. The highest BCUT2D eigenvalue weighted by atomic mass is 79.9. The molecule has 3 rings (SSSR count). The normalized spacial score (nSPS) is 10.3. The van der Waals surface area contributed by atoms with Gasteiger partial charge in [0.05, 0.1) is 22.5 Å². The maximum atomic E-state index is 9.16. The van der Waals surface area contributed by atoms with E-state index in [0.29, 0.717) is 11.3 Å². The number of benzene rings is 2. The summed E-state index contributed by atoms with van der Waals surface area (Å²) >= 11 is 3.40. The Hall–Kier alpha value is -2.58. The Morgan fingerprint density at radius 2 is 1.95 bits per heavy atom. The van der Waals surface area contributed by atoms with Crippen molar-refractivity contribution in [3.05, 3.63) is 58.7 Å². The summed E-state index contributed by atoms with van der Waals surface area (Å²) in [6.07, 6.45) is 1.73. The molecule has 0 amide bonds. The van der Waals surface area contributed by atoms with Gasteiger partial charge >= 0.3 is 0 Å². The van der Waals surface area contributed by atoms with Gasteiger partial charge in [-0.1, -0.05) is 12.1 Å². The van der Waals surface area contributed by atoms with Crippen LogP contribution >= 0.6 is 15.9 Å². The van der Waals surface area contributed by atoms with Crippen molar-refractivity contribution in [2.24, 2.45) is 0 Å². The lowest BCUT2D eigenvalue weighted by molar-refractivity contribution is 1.38. The van der Waals surface area contributed by atoms with Crippen LogP contribution in [0.1, 0.15) is 5.56 Å². The van der Waals surface area contributed by atoms with Crippen LogP contribution in [0, 0.1) is 11.3 Å². The van der Waals surface area contributed by atoms with Gasteiger partial charge in [0.15, 0.2) is 0 Å². The van der Waals surface area contributed by atoms with Gasteiger partial charge in [-0.15, -0.1) is 0 Å². The minimum Gasteiger partial charge on any atom is -0.398 e. The minimum absolute atomic E-state index is 0.583. The predicted molar refractivity (Wildman–Crippen MR) is 88.3 cm³/mol. The second-order valence-corrected chi connectivity index (χ2v) is 5.45. The number of para-hydroxylation sites is 1. The molecule has 0 saturated carbocycles. The quantitative estimate of drug-likeness (QED) is 0.687. The summed E-state index contributed by atoms with van der Waals surface area (Å²) in [6.45, 7) is 0. The summed E-state index contributed by atoms with van der Waals surface area (Å²) in [5.41, 5.74) is 9.58. The van der Waals surface area contributed by atoms with Crippen molar-refractivity contribution in [1.29, 1.82) is 5.26 Å². The summed E-state index contributed by atoms with van der Waals surface area (Å²) in [5, 5.41) is 13.3. The van der Waals surface area contributed by atoms with Gasteiger partial charge in [-0.3, -0.25) is 4.98 Å². The number of rotatable bonds is 2. The molecule has 2 aromatic carbocycles. The topological polar surface area (TPSA) is 74.7 Å². The zero-order chi connectivity index (χ0) is 14.8. The predicted octanol–water partition coefficient (Wildman–Crippen LogP) is 4.19. The number of pyridine rings is 1. The molecule has 0 saturated heterocycles. The molecular formula is C16H11BrN4. The molecule has 1 aromatic heterocycles. The standard InChI is InChI=1S/C16H11BrN4/c17-11-7-12-13(19)5-6-15(16(12)20-9-11)21-14-4-2-1-3-10(14)8-18/h1-7,9,21H,19H2. The summed E-state index contributed by atoms with van der Waals surface area (Å²) in [4.78, 5) is 4.42. The molecule has 0 radical (unpaired) electrons. The summed E-state index contributed by atoms with van der Waals surface area (Å²) in [7, 11) is 0. The number of nitrogens with two attached hydrogens (primary N) is 1. The monoisotopic (exact) mass is 338 g/mol. The molecular weight excluding hydrogens is 328 g/mol. The fourth-order valence-corrected chi connectivity index (χ4v) is 2.48. The van der Waals surface area contributed by atoms with E-state index in [0.717, 1.165) is 26.8 Å². The number of fused-ring (bicyclic) bond motifs is 1. The van der Waals surface area contributed by atoms with Crippen molar-refractivity contribution in [1.82, 2.24) is 4.98 Å². The van der Waals surface area contributed by atoms with E-state index in [4.69, 9.17) is 11.0 Å². The van der Waals surface area contributed by atoms with Crippen molar-refractivity contribution < 1.29 is 0 Å². The fourth-order valence-electron chi connectivity index (χ4n) is 2.15. The first-order chi connectivity index (χ1) is 10.2. The molecule has 1 heterocycles. The molecule has 0 bridgehead atoms. The van der Waals surface area contributed by atoms with Crippen molar-refractivity contribution in [2.75, 3.05) is 11.1 Å². The van der Waals surface area contributed by atoms with Crippen LogP contribution in [-0.4, -0.2) is 4.98 Å². The molecule has 102 valence electrons. The molecule has 0 aliphatic heterocycles. The summed E-state index contributed by atoms with van der Waals surface area (Å²) < 4.78 is 0.872. The van der Waals surface area contributed by atoms with Gasteiger partial charge in [0.1, 0.15) is 6.07 Å². The summed E-state index contributed by atoms with van der Waals surface area (Å²) in [6, 6.07) is 15.1. The number of nitrogen functional groups attached to an aromatic ring is 1. The van der Waals surface area contributed by atoms with Crippen LogP contribution in [0.15, 0.2) is 53.1 Å². The highest BCUT2D eigenvalue weighted by molar-refractivity contribution is 9.10. The Kier molecular flexibility index (Phi) is 3.46. The first-order valence-corrected chi connectivity index (χ1v) is 7.08. The highest BCUT2D eigenvalue weighted by Gasteiger charge is 2.08. The number of nitrogens with zero attached hydrogens (tertiary/aromatic N) is 2. The second-order valence-electron chi connectivity index (χ2n) is 4.53. The summed E-state index contributed by atoms with van der Waals surface area (Å²) in [5.74, 6) is 0. The lowest BCUT2D eigenvalue weighted by atomic mass is 10.1. The second kappa shape index (κ2) is 5.43. The van der Waals surface area contributed by atoms with Crippen molar-refractivity contribution >= 4 is 43.9 Å². The van der Waals surface area contributed by atoms with Crippen molar-refractivity contribution in [3.8, 4) is 6.07 Å². The van der Waals surface area contributed by atoms with Crippen LogP contribution in [0.5, 0.6) is 0 Å². The first-order valence-electron chi connectivity index (χ1n) is 6.29. The minimum atomic E-state index is 0.583. The Bertz CT molecular complexity index is 868. The smallest absolute Gasteiger partial charge is 0.101 e. The number of anilines is 3. The third kappa shape index (κ3) is 2.54. The first kappa shape index (κ1) is 13.4. The van der Waals surface area contributed by atoms with Gasteiger partial charge in [-0.05, 0) is 46.3 Å². The van der Waals surface area contributed by atoms with Crippen LogP contribution in [0.3, 0.4) is 0 Å². The van der Waals surface area contributed by atoms with Gasteiger partial charge in [0.25, 0.3) is 0 Å². The number of nitrogens with one attached hydrogen (secondary N) is 1. The van der Waals surface area contributed by atoms with Crippen LogP contribution in [0.25, 0.3) is 10.9 Å². The molecule has 0 aliphatic carbocycles. The average molecular weight is 339 g/mol. The van der Waals surface area contributed by atoms with Gasteiger partial charge in [-0.2, -0.15) is 5.26 Å². The number of nitriles is 1. The van der Waals surface area contributed by atoms with E-state index in [2.05, 4.69) is 32.3 Å². The van der Waals surface area contributed by atoms with E-state index in [9.17, 15) is 0 Å². The fraction of sp³-hybridized carbons (Fsp3) is 0. The number of hydrogen-bond acceptors (Lipinski definition) is 4. The van der Waals surface area contributed by atoms with Crippen molar-refractivity contribution in [3.63, 3.8) is 0 Å². The Morgan fingerprint density at radius 3 is 2.76 bits per heavy atom. The zero-order valence-electron chi connectivity index (χ0n) is 11.0. The van der Waals surface area contributed by atoms with Crippen LogP contribution in [0.4, 0.5) is 17.1 Å². The van der Waals surface area contributed by atoms with E-state index >= 15 is 0 Å². The van der Waals surface area contributed by atoms with Gasteiger partial charge in [0.2, 0.25) is 0 Å². The highest BCUT2D eigenvalue weighted by Crippen LogP contribution is 2.31. The Labute approximate surface area is 130 Å². The van der Waals surface area contributed by atoms with E-state index < -0.39 is 0 Å². The molecule has 4 nitrogen and oxygen atoms in total. The van der Waals surface area contributed by atoms with Crippen LogP contribution < -0.4 is 11.1 Å². The molecule has 5 heteroatoms. The zero-order valence-corrected chi connectivity index (χ0v) is 12.6. The Morgan fingerprint density at radius 1 is 1.14 bits per heavy atom.